The minimum atomic E-state index is -3.76. The summed E-state index contributed by atoms with van der Waals surface area (Å²) in [7, 11) is -2.53. The summed E-state index contributed by atoms with van der Waals surface area (Å²) in [5.41, 5.74) is 2.35. The molecule has 1 aromatic heterocycles. The lowest BCUT2D eigenvalue weighted by molar-refractivity contribution is 0.0595. The molecule has 0 saturated heterocycles. The Morgan fingerprint density at radius 3 is 2.62 bits per heavy atom. The van der Waals surface area contributed by atoms with Crippen molar-refractivity contribution in [3.63, 3.8) is 0 Å². The van der Waals surface area contributed by atoms with Crippen molar-refractivity contribution in [1.82, 2.24) is 4.98 Å². The number of esters is 1. The van der Waals surface area contributed by atoms with E-state index < -0.39 is 16.0 Å². The highest BCUT2D eigenvalue weighted by Gasteiger charge is 2.19. The summed E-state index contributed by atoms with van der Waals surface area (Å²) in [4.78, 5) is 13.9. The van der Waals surface area contributed by atoms with Gasteiger partial charge in [-0.1, -0.05) is 12.1 Å². The first-order chi connectivity index (χ1) is 9.83. The highest BCUT2D eigenvalue weighted by molar-refractivity contribution is 7.92. The van der Waals surface area contributed by atoms with Crippen LogP contribution in [0.1, 0.15) is 21.6 Å². The van der Waals surface area contributed by atoms with E-state index >= 15 is 0 Å². The lowest BCUT2D eigenvalue weighted by Crippen LogP contribution is -2.13. The van der Waals surface area contributed by atoms with Crippen molar-refractivity contribution in [2.75, 3.05) is 11.8 Å². The van der Waals surface area contributed by atoms with Crippen molar-refractivity contribution >= 4 is 21.7 Å². The van der Waals surface area contributed by atoms with Crippen LogP contribution < -0.4 is 4.72 Å². The Labute approximate surface area is 123 Å². The third-order valence-corrected chi connectivity index (χ3v) is 4.35. The second-order valence-electron chi connectivity index (χ2n) is 4.66. The molecule has 7 heteroatoms. The Kier molecular flexibility index (Phi) is 4.04. The number of aryl methyl sites for hydroxylation is 2. The van der Waals surface area contributed by atoms with Crippen LogP contribution in [0.5, 0.6) is 0 Å². The second-order valence-corrected chi connectivity index (χ2v) is 6.35. The van der Waals surface area contributed by atoms with Crippen LogP contribution in [0, 0.1) is 13.8 Å². The van der Waals surface area contributed by atoms with Crippen molar-refractivity contribution in [2.45, 2.75) is 18.7 Å². The molecule has 2 N–H and O–H groups in total. The Morgan fingerprint density at radius 2 is 1.95 bits per heavy atom. The first-order valence-corrected chi connectivity index (χ1v) is 7.68. The van der Waals surface area contributed by atoms with Crippen LogP contribution >= 0.6 is 0 Å². The average Bonchev–Trinajstić information content (AvgIpc) is 2.92. The fraction of sp³-hybridized carbons (Fsp3) is 0.214. The third-order valence-electron chi connectivity index (χ3n) is 3.01. The van der Waals surface area contributed by atoms with Gasteiger partial charge in [0.05, 0.1) is 12.8 Å². The topological polar surface area (TPSA) is 88.3 Å². The predicted octanol–water partition coefficient (Wildman–Crippen LogP) is 2.22. The van der Waals surface area contributed by atoms with Crippen LogP contribution in [-0.2, 0) is 14.8 Å². The van der Waals surface area contributed by atoms with E-state index in [1.165, 1.54) is 19.4 Å². The van der Waals surface area contributed by atoms with Crippen molar-refractivity contribution in [3.8, 4) is 0 Å². The molecule has 0 unspecified atom stereocenters. The SMILES string of the molecule is COC(=O)c1cc(S(=O)(=O)Nc2cc(C)ccc2C)c[nH]1. The molecule has 21 heavy (non-hydrogen) atoms. The first kappa shape index (κ1) is 15.1. The monoisotopic (exact) mass is 308 g/mol. The molecule has 0 aliphatic rings. The standard InChI is InChI=1S/C14H16N2O4S/c1-9-4-5-10(2)12(6-9)16-21(18,19)11-7-13(15-8-11)14(17)20-3/h4-8,15-16H,1-3H3. The van der Waals surface area contributed by atoms with Crippen LogP contribution in [0.4, 0.5) is 5.69 Å². The summed E-state index contributed by atoms with van der Waals surface area (Å²) < 4.78 is 31.7. The lowest BCUT2D eigenvalue weighted by Gasteiger charge is -2.10. The van der Waals surface area contributed by atoms with E-state index in [9.17, 15) is 13.2 Å². The number of benzene rings is 1. The summed E-state index contributed by atoms with van der Waals surface area (Å²) >= 11 is 0. The Balaban J connectivity index is 2.32. The Bertz CT molecular complexity index is 778. The molecule has 6 nitrogen and oxygen atoms in total. The molecule has 2 aromatic rings. The van der Waals surface area contributed by atoms with Crippen molar-refractivity contribution < 1.29 is 17.9 Å². The molecule has 0 radical (unpaired) electrons. The second kappa shape index (κ2) is 5.61. The van der Waals surface area contributed by atoms with E-state index in [0.29, 0.717) is 5.69 Å². The van der Waals surface area contributed by atoms with E-state index in [1.54, 1.807) is 6.07 Å². The minimum absolute atomic E-state index is 0.0243. The van der Waals surface area contributed by atoms with Crippen LogP contribution in [0.25, 0.3) is 0 Å². The van der Waals surface area contributed by atoms with Gasteiger partial charge in [-0.2, -0.15) is 0 Å². The maximum absolute atomic E-state index is 12.3. The van der Waals surface area contributed by atoms with Crippen LogP contribution in [0.15, 0.2) is 35.4 Å². The van der Waals surface area contributed by atoms with Gasteiger partial charge >= 0.3 is 5.97 Å². The highest BCUT2D eigenvalue weighted by Crippen LogP contribution is 2.21. The quantitative estimate of drug-likeness (QED) is 0.848. The van der Waals surface area contributed by atoms with E-state index in [2.05, 4.69) is 14.4 Å². The Hall–Kier alpha value is -2.28. The number of ether oxygens (including phenoxy) is 1. The van der Waals surface area contributed by atoms with Gasteiger partial charge in [0, 0.05) is 6.20 Å². The molecule has 1 aromatic carbocycles. The van der Waals surface area contributed by atoms with Gasteiger partial charge in [-0.3, -0.25) is 4.72 Å². The molecular weight excluding hydrogens is 292 g/mol. The molecule has 2 rings (SSSR count). The van der Waals surface area contributed by atoms with Crippen molar-refractivity contribution in [1.29, 1.82) is 0 Å². The summed E-state index contributed by atoms with van der Waals surface area (Å²) in [6.45, 7) is 3.69. The van der Waals surface area contributed by atoms with E-state index in [-0.39, 0.29) is 10.6 Å². The van der Waals surface area contributed by atoms with Crippen molar-refractivity contribution in [3.05, 3.63) is 47.3 Å². The number of hydrogen-bond acceptors (Lipinski definition) is 4. The first-order valence-electron chi connectivity index (χ1n) is 6.20. The molecule has 0 spiro atoms. The van der Waals surface area contributed by atoms with Crippen LogP contribution in [0.3, 0.4) is 0 Å². The number of H-pyrrole nitrogens is 1. The molecular formula is C14H16N2O4S. The third kappa shape index (κ3) is 3.25. The van der Waals surface area contributed by atoms with E-state index in [1.807, 2.05) is 26.0 Å². The maximum Gasteiger partial charge on any atom is 0.354 e. The van der Waals surface area contributed by atoms with Crippen molar-refractivity contribution in [2.24, 2.45) is 0 Å². The zero-order chi connectivity index (χ0) is 15.6. The molecule has 0 aliphatic carbocycles. The predicted molar refractivity (Wildman–Crippen MR) is 78.9 cm³/mol. The number of anilines is 1. The maximum atomic E-state index is 12.3. The van der Waals surface area contributed by atoms with Gasteiger partial charge in [-0.15, -0.1) is 0 Å². The van der Waals surface area contributed by atoms with Gasteiger partial charge in [0.2, 0.25) is 0 Å². The molecule has 0 aliphatic heterocycles. The number of rotatable bonds is 4. The van der Waals surface area contributed by atoms with Gasteiger partial charge in [0.15, 0.2) is 0 Å². The Morgan fingerprint density at radius 1 is 1.24 bits per heavy atom. The van der Waals surface area contributed by atoms with Gasteiger partial charge in [0.1, 0.15) is 10.6 Å². The molecule has 0 fully saturated rings. The summed E-state index contributed by atoms with van der Waals surface area (Å²) in [6, 6.07) is 6.73. The number of nitrogens with one attached hydrogen (secondary N) is 2. The van der Waals surface area contributed by atoms with Crippen LogP contribution in [-0.4, -0.2) is 26.5 Å². The average molecular weight is 308 g/mol. The molecule has 1 heterocycles. The molecule has 0 bridgehead atoms. The summed E-state index contributed by atoms with van der Waals surface area (Å²) in [5.74, 6) is -0.622. The molecule has 112 valence electrons. The number of methoxy groups -OCH3 is 1. The minimum Gasteiger partial charge on any atom is -0.464 e. The van der Waals surface area contributed by atoms with Gasteiger partial charge < -0.3 is 9.72 Å². The largest absolute Gasteiger partial charge is 0.464 e. The number of aromatic amines is 1. The smallest absolute Gasteiger partial charge is 0.354 e. The zero-order valence-corrected chi connectivity index (χ0v) is 12.7. The number of carbonyl (C=O) groups excluding carboxylic acids is 1. The molecule has 0 atom stereocenters. The zero-order valence-electron chi connectivity index (χ0n) is 11.9. The van der Waals surface area contributed by atoms with Gasteiger partial charge in [0.25, 0.3) is 10.0 Å². The molecule has 0 amide bonds. The van der Waals surface area contributed by atoms with Gasteiger partial charge in [-0.25, -0.2) is 13.2 Å². The normalized spacial score (nSPS) is 11.2. The summed E-state index contributed by atoms with van der Waals surface area (Å²) in [5, 5.41) is 0. The summed E-state index contributed by atoms with van der Waals surface area (Å²) in [6.07, 6.45) is 1.25. The van der Waals surface area contributed by atoms with Gasteiger partial charge in [-0.05, 0) is 37.1 Å². The fourth-order valence-corrected chi connectivity index (χ4v) is 2.92. The number of sulfonamides is 1. The molecule has 0 saturated carbocycles. The van der Waals surface area contributed by atoms with E-state index in [4.69, 9.17) is 0 Å². The fourth-order valence-electron chi connectivity index (χ4n) is 1.81. The number of carbonyl (C=O) groups is 1. The number of aromatic nitrogens is 1. The number of hydrogen-bond donors (Lipinski definition) is 2. The lowest BCUT2D eigenvalue weighted by atomic mass is 10.1. The van der Waals surface area contributed by atoms with E-state index in [0.717, 1.165) is 11.1 Å². The highest BCUT2D eigenvalue weighted by atomic mass is 32.2. The van der Waals surface area contributed by atoms with Crippen LogP contribution in [0.2, 0.25) is 0 Å².